The summed E-state index contributed by atoms with van der Waals surface area (Å²) < 4.78 is 10.6. The smallest absolute Gasteiger partial charge is 0.337 e. The number of benzene rings is 2. The number of hydrogen-bond acceptors (Lipinski definition) is 5. The van der Waals surface area contributed by atoms with Crippen molar-refractivity contribution in [2.45, 2.75) is 6.92 Å². The quantitative estimate of drug-likeness (QED) is 0.770. The first kappa shape index (κ1) is 19.4. The Balaban J connectivity index is 2.01. The van der Waals surface area contributed by atoms with Crippen LogP contribution in [0.1, 0.15) is 22.8 Å². The van der Waals surface area contributed by atoms with E-state index in [1.165, 1.54) is 19.2 Å². The minimum Gasteiger partial charge on any atom is -0.497 e. The number of carboxylic acid groups (broad SMARTS) is 1. The molecule has 1 aliphatic heterocycles. The molecular formula is C20H17ClN2O5. The third-order valence-corrected chi connectivity index (χ3v) is 4.55. The highest BCUT2D eigenvalue weighted by Crippen LogP contribution is 2.31. The van der Waals surface area contributed by atoms with Crippen LogP contribution in [0.4, 0.5) is 5.69 Å². The molecule has 0 spiro atoms. The summed E-state index contributed by atoms with van der Waals surface area (Å²) >= 11 is 5.90. The van der Waals surface area contributed by atoms with Gasteiger partial charge in [0, 0.05) is 5.56 Å². The molecule has 0 aliphatic carbocycles. The van der Waals surface area contributed by atoms with Crippen LogP contribution >= 0.6 is 11.6 Å². The second kappa shape index (κ2) is 7.74. The SMILES string of the molecule is COc1ccc(OC)c(/C=C2/C(=O)N(c3ccc(Cl)c(C(=O)O)c3)N=C2C)c1. The van der Waals surface area contributed by atoms with Gasteiger partial charge in [-0.1, -0.05) is 11.6 Å². The van der Waals surface area contributed by atoms with E-state index in [-0.39, 0.29) is 16.5 Å². The van der Waals surface area contributed by atoms with Gasteiger partial charge in [-0.2, -0.15) is 10.1 Å². The Morgan fingerprint density at radius 2 is 1.93 bits per heavy atom. The number of methoxy groups -OCH3 is 2. The molecule has 0 saturated carbocycles. The van der Waals surface area contributed by atoms with Crippen LogP contribution in [-0.4, -0.2) is 36.9 Å². The number of aromatic carboxylic acids is 1. The van der Waals surface area contributed by atoms with Crippen molar-refractivity contribution in [3.8, 4) is 11.5 Å². The molecular weight excluding hydrogens is 384 g/mol. The van der Waals surface area contributed by atoms with Crippen molar-refractivity contribution in [3.05, 3.63) is 58.1 Å². The molecule has 28 heavy (non-hydrogen) atoms. The number of ether oxygens (including phenoxy) is 2. The highest BCUT2D eigenvalue weighted by atomic mass is 35.5. The lowest BCUT2D eigenvalue weighted by molar-refractivity contribution is -0.114. The summed E-state index contributed by atoms with van der Waals surface area (Å²) in [5.41, 5.74) is 1.71. The Morgan fingerprint density at radius 3 is 2.57 bits per heavy atom. The number of hydrogen-bond donors (Lipinski definition) is 1. The van der Waals surface area contributed by atoms with Gasteiger partial charge >= 0.3 is 5.97 Å². The Morgan fingerprint density at radius 1 is 1.18 bits per heavy atom. The molecule has 2 aromatic carbocycles. The Bertz CT molecular complexity index is 1030. The molecule has 0 radical (unpaired) electrons. The summed E-state index contributed by atoms with van der Waals surface area (Å²) in [5, 5.41) is 14.7. The number of carboxylic acids is 1. The number of amides is 1. The summed E-state index contributed by atoms with van der Waals surface area (Å²) in [7, 11) is 3.09. The van der Waals surface area contributed by atoms with E-state index in [0.29, 0.717) is 34.0 Å². The average molecular weight is 401 g/mol. The van der Waals surface area contributed by atoms with Gasteiger partial charge in [-0.05, 0) is 49.4 Å². The maximum absolute atomic E-state index is 12.9. The highest BCUT2D eigenvalue weighted by molar-refractivity contribution is 6.34. The van der Waals surface area contributed by atoms with E-state index >= 15 is 0 Å². The van der Waals surface area contributed by atoms with E-state index in [1.807, 2.05) is 0 Å². The minimum absolute atomic E-state index is 0.0838. The van der Waals surface area contributed by atoms with E-state index in [9.17, 15) is 14.7 Å². The maximum atomic E-state index is 12.9. The van der Waals surface area contributed by atoms with Gasteiger partial charge < -0.3 is 14.6 Å². The highest BCUT2D eigenvalue weighted by Gasteiger charge is 2.30. The largest absolute Gasteiger partial charge is 0.497 e. The minimum atomic E-state index is -1.18. The zero-order valence-corrected chi connectivity index (χ0v) is 16.1. The standard InChI is InChI=1S/C20H17ClN2O5/c1-11-15(9-12-8-14(27-2)5-7-18(12)28-3)19(24)23(22-11)13-4-6-17(21)16(10-13)20(25)26/h4-10H,1-3H3,(H,25,26)/b15-9+. The van der Waals surface area contributed by atoms with Gasteiger partial charge in [0.1, 0.15) is 11.5 Å². The number of hydrazone groups is 1. The van der Waals surface area contributed by atoms with Crippen LogP contribution in [0.25, 0.3) is 6.08 Å². The van der Waals surface area contributed by atoms with Gasteiger partial charge in [0.25, 0.3) is 5.91 Å². The van der Waals surface area contributed by atoms with Crippen molar-refractivity contribution < 1.29 is 24.2 Å². The molecule has 144 valence electrons. The molecule has 0 saturated heterocycles. The third kappa shape index (κ3) is 3.57. The Kier molecular flexibility index (Phi) is 5.37. The summed E-state index contributed by atoms with van der Waals surface area (Å²) in [5.74, 6) is -0.377. The fraction of sp³-hybridized carbons (Fsp3) is 0.150. The van der Waals surface area contributed by atoms with Gasteiger partial charge in [-0.3, -0.25) is 4.79 Å². The lowest BCUT2D eigenvalue weighted by Crippen LogP contribution is -2.21. The third-order valence-electron chi connectivity index (χ3n) is 4.22. The topological polar surface area (TPSA) is 88.4 Å². The monoisotopic (exact) mass is 400 g/mol. The number of rotatable bonds is 5. The van der Waals surface area contributed by atoms with E-state index in [4.69, 9.17) is 21.1 Å². The summed E-state index contributed by atoms with van der Waals surface area (Å²) in [6.07, 6.45) is 1.66. The molecule has 0 bridgehead atoms. The molecule has 8 heteroatoms. The number of halogens is 1. The van der Waals surface area contributed by atoms with Crippen LogP contribution in [0.15, 0.2) is 47.1 Å². The second-order valence-electron chi connectivity index (χ2n) is 5.94. The number of carbonyl (C=O) groups is 2. The van der Waals surface area contributed by atoms with E-state index in [1.54, 1.807) is 44.4 Å². The van der Waals surface area contributed by atoms with Gasteiger partial charge in [-0.15, -0.1) is 0 Å². The average Bonchev–Trinajstić information content (AvgIpc) is 2.96. The Labute approximate surface area is 166 Å². The normalized spacial score (nSPS) is 15.0. The molecule has 3 rings (SSSR count). The molecule has 1 heterocycles. The van der Waals surface area contributed by atoms with Gasteiger partial charge in [-0.25, -0.2) is 4.79 Å². The number of carbonyl (C=O) groups excluding carboxylic acids is 1. The zero-order valence-electron chi connectivity index (χ0n) is 15.4. The predicted molar refractivity (Wildman–Crippen MR) is 107 cm³/mol. The van der Waals surface area contributed by atoms with E-state index in [0.717, 1.165) is 5.01 Å². The zero-order chi connectivity index (χ0) is 20.4. The molecule has 1 amide bonds. The van der Waals surface area contributed by atoms with Crippen LogP contribution in [0, 0.1) is 0 Å². The van der Waals surface area contributed by atoms with Gasteiger partial charge in [0.2, 0.25) is 0 Å². The fourth-order valence-corrected chi connectivity index (χ4v) is 2.97. The molecule has 2 aromatic rings. The first-order chi connectivity index (χ1) is 13.3. The van der Waals surface area contributed by atoms with E-state index in [2.05, 4.69) is 5.10 Å². The molecule has 0 atom stereocenters. The molecule has 1 aliphatic rings. The van der Waals surface area contributed by atoms with Gasteiger partial charge in [0.15, 0.2) is 0 Å². The van der Waals surface area contributed by atoms with Crippen molar-refractivity contribution in [1.29, 1.82) is 0 Å². The molecule has 7 nitrogen and oxygen atoms in total. The van der Waals surface area contributed by atoms with Crippen molar-refractivity contribution in [1.82, 2.24) is 0 Å². The molecule has 0 fully saturated rings. The first-order valence-electron chi connectivity index (χ1n) is 8.22. The summed E-state index contributed by atoms with van der Waals surface area (Å²) in [4.78, 5) is 24.2. The molecule has 0 unspecified atom stereocenters. The van der Waals surface area contributed by atoms with Crippen molar-refractivity contribution in [2.75, 3.05) is 19.2 Å². The number of anilines is 1. The summed E-state index contributed by atoms with van der Waals surface area (Å²) in [6, 6.07) is 9.52. The Hall–Kier alpha value is -3.32. The van der Waals surface area contributed by atoms with Crippen LogP contribution in [0.2, 0.25) is 5.02 Å². The first-order valence-corrected chi connectivity index (χ1v) is 8.60. The van der Waals surface area contributed by atoms with Crippen molar-refractivity contribution in [2.24, 2.45) is 5.10 Å². The lowest BCUT2D eigenvalue weighted by Gasteiger charge is -2.13. The second-order valence-corrected chi connectivity index (χ2v) is 6.34. The number of nitrogens with zero attached hydrogens (tertiary/aromatic N) is 2. The summed E-state index contributed by atoms with van der Waals surface area (Å²) in [6.45, 7) is 1.70. The van der Waals surface area contributed by atoms with Crippen LogP contribution in [-0.2, 0) is 4.79 Å². The maximum Gasteiger partial charge on any atom is 0.337 e. The van der Waals surface area contributed by atoms with Crippen LogP contribution < -0.4 is 14.5 Å². The predicted octanol–water partition coefficient (Wildman–Crippen LogP) is 3.86. The van der Waals surface area contributed by atoms with Crippen molar-refractivity contribution >= 4 is 41.0 Å². The van der Waals surface area contributed by atoms with Crippen molar-refractivity contribution in [3.63, 3.8) is 0 Å². The van der Waals surface area contributed by atoms with Gasteiger partial charge in [0.05, 0.1) is 41.8 Å². The molecule has 1 N–H and O–H groups in total. The van der Waals surface area contributed by atoms with Crippen LogP contribution in [0.3, 0.4) is 0 Å². The van der Waals surface area contributed by atoms with Crippen LogP contribution in [0.5, 0.6) is 11.5 Å². The van der Waals surface area contributed by atoms with E-state index < -0.39 is 5.97 Å². The fourth-order valence-electron chi connectivity index (χ4n) is 2.78. The molecule has 0 aromatic heterocycles. The lowest BCUT2D eigenvalue weighted by atomic mass is 10.1.